The summed E-state index contributed by atoms with van der Waals surface area (Å²) in [6.45, 7) is 0. The van der Waals surface area contributed by atoms with Gasteiger partial charge in [0.25, 0.3) is 0 Å². The van der Waals surface area contributed by atoms with E-state index in [1.165, 1.54) is 18.2 Å². The molecule has 98 valence electrons. The van der Waals surface area contributed by atoms with Gasteiger partial charge in [-0.25, -0.2) is 9.18 Å². The molecule has 0 spiro atoms. The monoisotopic (exact) mass is 323 g/mol. The van der Waals surface area contributed by atoms with Crippen molar-refractivity contribution in [2.45, 2.75) is 0 Å². The van der Waals surface area contributed by atoms with E-state index < -0.39 is 5.97 Å². The molecule has 19 heavy (non-hydrogen) atoms. The van der Waals surface area contributed by atoms with Gasteiger partial charge in [-0.2, -0.15) is 0 Å². The molecule has 0 fully saturated rings. The van der Waals surface area contributed by atoms with Gasteiger partial charge in [-0.1, -0.05) is 22.0 Å². The molecule has 0 aromatic heterocycles. The topological polar surface area (TPSA) is 40.5 Å². The Labute approximate surface area is 118 Å². The summed E-state index contributed by atoms with van der Waals surface area (Å²) in [6.07, 6.45) is 0. The van der Waals surface area contributed by atoms with Crippen LogP contribution in [0.4, 0.5) is 15.8 Å². The highest BCUT2D eigenvalue weighted by Gasteiger charge is 2.15. The highest BCUT2D eigenvalue weighted by molar-refractivity contribution is 9.10. The average Bonchev–Trinajstić information content (AvgIpc) is 2.37. The molecule has 3 nitrogen and oxygen atoms in total. The second-order valence-electron chi connectivity index (χ2n) is 4.01. The van der Waals surface area contributed by atoms with Crippen molar-refractivity contribution in [3.05, 3.63) is 58.3 Å². The van der Waals surface area contributed by atoms with Gasteiger partial charge in [0, 0.05) is 17.2 Å². The molecular formula is C14H11BrFNO2. The number of carboxylic acids is 1. The Morgan fingerprint density at radius 2 is 2.00 bits per heavy atom. The van der Waals surface area contributed by atoms with Gasteiger partial charge in [0.1, 0.15) is 5.82 Å². The normalized spacial score (nSPS) is 10.3. The number of halogens is 2. The third-order valence-corrected chi connectivity index (χ3v) is 3.24. The zero-order chi connectivity index (χ0) is 14.0. The lowest BCUT2D eigenvalue weighted by molar-refractivity contribution is 0.0697. The van der Waals surface area contributed by atoms with E-state index in [2.05, 4.69) is 15.9 Å². The van der Waals surface area contributed by atoms with E-state index in [4.69, 9.17) is 0 Å². The molecule has 0 unspecified atom stereocenters. The molecule has 0 amide bonds. The Morgan fingerprint density at radius 3 is 2.63 bits per heavy atom. The number of hydrogen-bond donors (Lipinski definition) is 1. The lowest BCUT2D eigenvalue weighted by Gasteiger charge is -2.21. The zero-order valence-electron chi connectivity index (χ0n) is 10.1. The predicted octanol–water partition coefficient (Wildman–Crippen LogP) is 4.05. The van der Waals surface area contributed by atoms with Gasteiger partial charge in [0.05, 0.1) is 11.3 Å². The SMILES string of the molecule is CN(c1cccc(F)c1)c1ccc(Br)cc1C(=O)O. The maximum Gasteiger partial charge on any atom is 0.337 e. The number of rotatable bonds is 3. The van der Waals surface area contributed by atoms with Crippen LogP contribution in [0.15, 0.2) is 46.9 Å². The Morgan fingerprint density at radius 1 is 1.26 bits per heavy atom. The number of carboxylic acid groups (broad SMARTS) is 1. The fourth-order valence-electron chi connectivity index (χ4n) is 1.80. The van der Waals surface area contributed by atoms with Crippen molar-refractivity contribution in [3.8, 4) is 0 Å². The minimum atomic E-state index is -1.03. The second-order valence-corrected chi connectivity index (χ2v) is 4.92. The zero-order valence-corrected chi connectivity index (χ0v) is 11.7. The van der Waals surface area contributed by atoms with Crippen molar-refractivity contribution in [2.24, 2.45) is 0 Å². The van der Waals surface area contributed by atoms with Crippen molar-refractivity contribution in [1.82, 2.24) is 0 Å². The highest BCUT2D eigenvalue weighted by atomic mass is 79.9. The fourth-order valence-corrected chi connectivity index (χ4v) is 2.16. The molecule has 2 rings (SSSR count). The van der Waals surface area contributed by atoms with Gasteiger partial charge in [0.2, 0.25) is 0 Å². The first-order valence-corrected chi connectivity index (χ1v) is 6.30. The Hall–Kier alpha value is -1.88. The summed E-state index contributed by atoms with van der Waals surface area (Å²) >= 11 is 3.24. The largest absolute Gasteiger partial charge is 0.478 e. The molecule has 0 heterocycles. The number of hydrogen-bond acceptors (Lipinski definition) is 2. The molecule has 0 aliphatic heterocycles. The lowest BCUT2D eigenvalue weighted by atomic mass is 10.1. The van der Waals surface area contributed by atoms with Crippen LogP contribution in [0, 0.1) is 5.82 Å². The van der Waals surface area contributed by atoms with Crippen LogP contribution in [0.2, 0.25) is 0 Å². The van der Waals surface area contributed by atoms with E-state index in [1.807, 2.05) is 0 Å². The van der Waals surface area contributed by atoms with Crippen LogP contribution in [-0.2, 0) is 0 Å². The van der Waals surface area contributed by atoms with Gasteiger partial charge in [-0.05, 0) is 36.4 Å². The molecule has 0 radical (unpaired) electrons. The molecular weight excluding hydrogens is 313 g/mol. The average molecular weight is 324 g/mol. The molecule has 2 aromatic rings. The third kappa shape index (κ3) is 2.93. The van der Waals surface area contributed by atoms with Gasteiger partial charge in [-0.3, -0.25) is 0 Å². The van der Waals surface area contributed by atoms with E-state index in [1.54, 1.807) is 36.2 Å². The smallest absolute Gasteiger partial charge is 0.337 e. The Kier molecular flexibility index (Phi) is 3.85. The maximum atomic E-state index is 13.2. The first-order valence-electron chi connectivity index (χ1n) is 5.51. The fraction of sp³-hybridized carbons (Fsp3) is 0.0714. The second kappa shape index (κ2) is 5.40. The van der Waals surface area contributed by atoms with Crippen molar-refractivity contribution < 1.29 is 14.3 Å². The van der Waals surface area contributed by atoms with Crippen molar-refractivity contribution >= 4 is 33.3 Å². The lowest BCUT2D eigenvalue weighted by Crippen LogP contribution is -2.14. The quantitative estimate of drug-likeness (QED) is 0.926. The molecule has 0 bridgehead atoms. The summed E-state index contributed by atoms with van der Waals surface area (Å²) in [4.78, 5) is 12.9. The number of aromatic carboxylic acids is 1. The van der Waals surface area contributed by atoms with Gasteiger partial charge in [0.15, 0.2) is 0 Å². The van der Waals surface area contributed by atoms with Crippen molar-refractivity contribution in [1.29, 1.82) is 0 Å². The summed E-state index contributed by atoms with van der Waals surface area (Å²) in [5.74, 6) is -1.39. The first-order chi connectivity index (χ1) is 8.99. The van der Waals surface area contributed by atoms with Crippen molar-refractivity contribution in [3.63, 3.8) is 0 Å². The van der Waals surface area contributed by atoms with E-state index in [-0.39, 0.29) is 11.4 Å². The molecule has 2 aromatic carbocycles. The van der Waals surface area contributed by atoms with Gasteiger partial charge >= 0.3 is 5.97 Å². The van der Waals surface area contributed by atoms with E-state index in [9.17, 15) is 14.3 Å². The van der Waals surface area contributed by atoms with Crippen molar-refractivity contribution in [2.75, 3.05) is 11.9 Å². The Balaban J connectivity index is 2.49. The minimum Gasteiger partial charge on any atom is -0.478 e. The number of carbonyl (C=O) groups is 1. The standard InChI is InChI=1S/C14H11BrFNO2/c1-17(11-4-2-3-10(16)8-11)13-6-5-9(15)7-12(13)14(18)19/h2-8H,1H3,(H,18,19). The first kappa shape index (κ1) is 13.5. The molecule has 0 saturated carbocycles. The van der Waals surface area contributed by atoms with Crippen LogP contribution in [0.25, 0.3) is 0 Å². The number of benzene rings is 2. The Bertz CT molecular complexity index is 631. The van der Waals surface area contributed by atoms with Crippen LogP contribution in [0.3, 0.4) is 0 Å². The number of nitrogens with zero attached hydrogens (tertiary/aromatic N) is 1. The van der Waals surface area contributed by atoms with Crippen LogP contribution < -0.4 is 4.90 Å². The van der Waals surface area contributed by atoms with Crippen LogP contribution in [0.1, 0.15) is 10.4 Å². The minimum absolute atomic E-state index is 0.154. The summed E-state index contributed by atoms with van der Waals surface area (Å²) in [5, 5.41) is 9.22. The maximum absolute atomic E-state index is 13.2. The molecule has 0 saturated heterocycles. The predicted molar refractivity (Wildman–Crippen MR) is 75.6 cm³/mol. The summed E-state index contributed by atoms with van der Waals surface area (Å²) in [7, 11) is 1.70. The van der Waals surface area contributed by atoms with Crippen LogP contribution >= 0.6 is 15.9 Å². The van der Waals surface area contributed by atoms with Crippen LogP contribution in [-0.4, -0.2) is 18.1 Å². The van der Waals surface area contributed by atoms with E-state index in [0.29, 0.717) is 15.8 Å². The molecule has 0 aliphatic rings. The summed E-state index contributed by atoms with van der Waals surface area (Å²) in [6, 6.07) is 10.9. The summed E-state index contributed by atoms with van der Waals surface area (Å²) < 4.78 is 13.9. The van der Waals surface area contributed by atoms with Crippen LogP contribution in [0.5, 0.6) is 0 Å². The molecule has 0 atom stereocenters. The molecule has 1 N–H and O–H groups in total. The highest BCUT2D eigenvalue weighted by Crippen LogP contribution is 2.29. The summed E-state index contributed by atoms with van der Waals surface area (Å²) in [5.41, 5.74) is 1.24. The molecule has 0 aliphatic carbocycles. The van der Waals surface area contributed by atoms with E-state index in [0.717, 1.165) is 0 Å². The number of anilines is 2. The molecule has 5 heteroatoms. The van der Waals surface area contributed by atoms with E-state index >= 15 is 0 Å². The third-order valence-electron chi connectivity index (χ3n) is 2.75. The van der Waals surface area contributed by atoms with Gasteiger partial charge < -0.3 is 10.0 Å². The van der Waals surface area contributed by atoms with Gasteiger partial charge in [-0.15, -0.1) is 0 Å².